The minimum absolute atomic E-state index is 0.619. The first kappa shape index (κ1) is 13.0. The number of hydrogen-bond donors (Lipinski definition) is 1. The molecule has 0 fully saturated rings. The maximum atomic E-state index is 4.49. The molecule has 96 valence electrons. The van der Waals surface area contributed by atoms with Gasteiger partial charge in [-0.25, -0.2) is 0 Å². The fraction of sp³-hybridized carbons (Fsp3) is 0.438. The molecule has 1 aromatic heterocycles. The molecule has 1 unspecified atom stereocenters. The van der Waals surface area contributed by atoms with Crippen LogP contribution >= 0.6 is 0 Å². The van der Waals surface area contributed by atoms with E-state index in [4.69, 9.17) is 0 Å². The number of rotatable bonds is 6. The average Bonchev–Trinajstić information content (AvgIpc) is 2.43. The van der Waals surface area contributed by atoms with Gasteiger partial charge >= 0.3 is 0 Å². The lowest BCUT2D eigenvalue weighted by atomic mass is 10.1. The van der Waals surface area contributed by atoms with Gasteiger partial charge in [0.15, 0.2) is 0 Å². The van der Waals surface area contributed by atoms with E-state index in [1.165, 1.54) is 30.2 Å². The largest absolute Gasteiger partial charge is 0.310 e. The smallest absolute Gasteiger partial charge is 0.0746 e. The molecule has 18 heavy (non-hydrogen) atoms. The summed E-state index contributed by atoms with van der Waals surface area (Å²) >= 11 is 0. The Bertz CT molecular complexity index is 488. The molecule has 1 aromatic carbocycles. The summed E-state index contributed by atoms with van der Waals surface area (Å²) in [7, 11) is 0. The Kier molecular flexibility index (Phi) is 4.71. The molecule has 0 amide bonds. The highest BCUT2D eigenvalue weighted by molar-refractivity contribution is 5.81. The lowest BCUT2D eigenvalue weighted by Gasteiger charge is -2.16. The van der Waals surface area contributed by atoms with Crippen molar-refractivity contribution in [1.82, 2.24) is 10.3 Å². The first-order valence-corrected chi connectivity index (χ1v) is 6.91. The predicted octanol–water partition coefficient (Wildman–Crippen LogP) is 3.90. The van der Waals surface area contributed by atoms with Gasteiger partial charge in [-0.3, -0.25) is 4.98 Å². The highest BCUT2D eigenvalue weighted by Gasteiger charge is 2.06. The summed E-state index contributed by atoms with van der Waals surface area (Å²) < 4.78 is 0. The number of pyridine rings is 1. The molecule has 2 heteroatoms. The van der Waals surface area contributed by atoms with Crippen molar-refractivity contribution in [3.8, 4) is 0 Å². The minimum Gasteiger partial charge on any atom is -0.310 e. The lowest BCUT2D eigenvalue weighted by Crippen LogP contribution is -2.27. The second-order valence-electron chi connectivity index (χ2n) is 4.77. The number of nitrogens with one attached hydrogen (secondary N) is 1. The predicted molar refractivity (Wildman–Crippen MR) is 77.6 cm³/mol. The van der Waals surface area contributed by atoms with Crippen molar-refractivity contribution in [3.63, 3.8) is 0 Å². The lowest BCUT2D eigenvalue weighted by molar-refractivity contribution is 0.463. The van der Waals surface area contributed by atoms with E-state index in [0.29, 0.717) is 6.04 Å². The summed E-state index contributed by atoms with van der Waals surface area (Å²) in [4.78, 5) is 4.49. The van der Waals surface area contributed by atoms with E-state index in [1.54, 1.807) is 0 Å². The second kappa shape index (κ2) is 6.50. The third-order valence-electron chi connectivity index (χ3n) is 3.43. The Hall–Kier alpha value is -1.41. The molecule has 1 atom stereocenters. The Morgan fingerprint density at radius 2 is 2.00 bits per heavy atom. The first-order valence-electron chi connectivity index (χ1n) is 6.91. The Morgan fingerprint density at radius 1 is 1.17 bits per heavy atom. The van der Waals surface area contributed by atoms with Crippen molar-refractivity contribution in [2.45, 2.75) is 45.7 Å². The quantitative estimate of drug-likeness (QED) is 0.831. The summed E-state index contributed by atoms with van der Waals surface area (Å²) in [5, 5.41) is 4.86. The molecule has 0 saturated heterocycles. The SMILES string of the molecule is CCCC(CC)NCc1cccc2cccnc12. The molecule has 0 saturated carbocycles. The fourth-order valence-corrected chi connectivity index (χ4v) is 2.36. The van der Waals surface area contributed by atoms with Gasteiger partial charge in [0.05, 0.1) is 5.52 Å². The molecule has 2 rings (SSSR count). The van der Waals surface area contributed by atoms with Gasteiger partial charge in [-0.05, 0) is 24.5 Å². The Morgan fingerprint density at radius 3 is 2.78 bits per heavy atom. The van der Waals surface area contributed by atoms with Crippen LogP contribution in [0.15, 0.2) is 36.5 Å². The van der Waals surface area contributed by atoms with Crippen LogP contribution in [-0.4, -0.2) is 11.0 Å². The van der Waals surface area contributed by atoms with Crippen LogP contribution in [0.5, 0.6) is 0 Å². The van der Waals surface area contributed by atoms with Crippen LogP contribution in [0.1, 0.15) is 38.7 Å². The van der Waals surface area contributed by atoms with Crippen molar-refractivity contribution >= 4 is 10.9 Å². The van der Waals surface area contributed by atoms with E-state index >= 15 is 0 Å². The molecule has 0 aliphatic carbocycles. The van der Waals surface area contributed by atoms with Crippen molar-refractivity contribution in [2.24, 2.45) is 0 Å². The summed E-state index contributed by atoms with van der Waals surface area (Å²) in [5.74, 6) is 0. The summed E-state index contributed by atoms with van der Waals surface area (Å²) in [6.07, 6.45) is 5.54. The number of para-hydroxylation sites is 1. The molecule has 0 bridgehead atoms. The monoisotopic (exact) mass is 242 g/mol. The zero-order valence-corrected chi connectivity index (χ0v) is 11.3. The number of aromatic nitrogens is 1. The molecule has 0 aliphatic rings. The van der Waals surface area contributed by atoms with E-state index in [0.717, 1.165) is 12.1 Å². The molecular weight excluding hydrogens is 220 g/mol. The highest BCUT2D eigenvalue weighted by Crippen LogP contribution is 2.16. The third-order valence-corrected chi connectivity index (χ3v) is 3.43. The molecule has 0 radical (unpaired) electrons. The molecular formula is C16H22N2. The molecule has 1 heterocycles. The van der Waals surface area contributed by atoms with E-state index in [-0.39, 0.29) is 0 Å². The number of nitrogens with zero attached hydrogens (tertiary/aromatic N) is 1. The van der Waals surface area contributed by atoms with E-state index in [1.807, 2.05) is 12.3 Å². The summed E-state index contributed by atoms with van der Waals surface area (Å²) in [5.41, 5.74) is 2.42. The summed E-state index contributed by atoms with van der Waals surface area (Å²) in [6, 6.07) is 11.1. The van der Waals surface area contributed by atoms with Gasteiger partial charge < -0.3 is 5.32 Å². The zero-order valence-electron chi connectivity index (χ0n) is 11.3. The average molecular weight is 242 g/mol. The van der Waals surface area contributed by atoms with Gasteiger partial charge in [0.25, 0.3) is 0 Å². The first-order chi connectivity index (χ1) is 8.85. The Balaban J connectivity index is 2.11. The van der Waals surface area contributed by atoms with Crippen LogP contribution in [0.4, 0.5) is 0 Å². The van der Waals surface area contributed by atoms with Crippen molar-refractivity contribution in [2.75, 3.05) is 0 Å². The van der Waals surface area contributed by atoms with Crippen molar-refractivity contribution in [1.29, 1.82) is 0 Å². The van der Waals surface area contributed by atoms with Crippen molar-refractivity contribution < 1.29 is 0 Å². The van der Waals surface area contributed by atoms with Gasteiger partial charge in [0.2, 0.25) is 0 Å². The van der Waals surface area contributed by atoms with E-state index < -0.39 is 0 Å². The Labute approximate surface area is 109 Å². The normalized spacial score (nSPS) is 12.8. The second-order valence-corrected chi connectivity index (χ2v) is 4.77. The maximum Gasteiger partial charge on any atom is 0.0746 e. The zero-order chi connectivity index (χ0) is 12.8. The van der Waals surface area contributed by atoms with Crippen LogP contribution < -0.4 is 5.32 Å². The molecule has 0 aliphatic heterocycles. The summed E-state index contributed by atoms with van der Waals surface area (Å²) in [6.45, 7) is 5.39. The topological polar surface area (TPSA) is 24.9 Å². The molecule has 2 aromatic rings. The number of hydrogen-bond acceptors (Lipinski definition) is 2. The van der Waals surface area contributed by atoms with Crippen molar-refractivity contribution in [3.05, 3.63) is 42.1 Å². The van der Waals surface area contributed by atoms with E-state index in [9.17, 15) is 0 Å². The van der Waals surface area contributed by atoms with Crippen LogP contribution in [0.2, 0.25) is 0 Å². The van der Waals surface area contributed by atoms with Gasteiger partial charge in [-0.1, -0.05) is 44.5 Å². The van der Waals surface area contributed by atoms with Gasteiger partial charge in [-0.2, -0.15) is 0 Å². The molecule has 2 nitrogen and oxygen atoms in total. The molecule has 0 spiro atoms. The van der Waals surface area contributed by atoms with Gasteiger partial charge in [0.1, 0.15) is 0 Å². The third kappa shape index (κ3) is 3.08. The van der Waals surface area contributed by atoms with Crippen LogP contribution in [0.25, 0.3) is 10.9 Å². The van der Waals surface area contributed by atoms with Crippen LogP contribution in [0, 0.1) is 0 Å². The number of fused-ring (bicyclic) bond motifs is 1. The standard InChI is InChI=1S/C16H22N2/c1-3-7-15(4-2)18-12-14-9-5-8-13-10-6-11-17-16(13)14/h5-6,8-11,15,18H,3-4,7,12H2,1-2H3. The van der Waals surface area contributed by atoms with Crippen LogP contribution in [-0.2, 0) is 6.54 Å². The minimum atomic E-state index is 0.619. The number of benzene rings is 1. The van der Waals surface area contributed by atoms with E-state index in [2.05, 4.69) is 48.4 Å². The maximum absolute atomic E-state index is 4.49. The molecule has 1 N–H and O–H groups in total. The highest BCUT2D eigenvalue weighted by atomic mass is 14.9. The van der Waals surface area contributed by atoms with Gasteiger partial charge in [0, 0.05) is 24.2 Å². The van der Waals surface area contributed by atoms with Crippen LogP contribution in [0.3, 0.4) is 0 Å². The van der Waals surface area contributed by atoms with Gasteiger partial charge in [-0.15, -0.1) is 0 Å². The fourth-order valence-electron chi connectivity index (χ4n) is 2.36.